The molecule has 0 amide bonds. The SMILES string of the molecule is C/C(=N/NC(N)=S)c1ccc(Sc2ccccc2)cc1. The van der Waals surface area contributed by atoms with Crippen LogP contribution in [-0.4, -0.2) is 10.8 Å². The van der Waals surface area contributed by atoms with Crippen LogP contribution in [0.2, 0.25) is 0 Å². The lowest BCUT2D eigenvalue weighted by Crippen LogP contribution is -2.25. The van der Waals surface area contributed by atoms with Gasteiger partial charge in [-0.25, -0.2) is 0 Å². The molecule has 0 fully saturated rings. The molecule has 0 atom stereocenters. The molecule has 0 heterocycles. The monoisotopic (exact) mass is 301 g/mol. The fraction of sp³-hybridized carbons (Fsp3) is 0.0667. The van der Waals surface area contributed by atoms with E-state index < -0.39 is 0 Å². The van der Waals surface area contributed by atoms with Gasteiger partial charge in [-0.3, -0.25) is 5.43 Å². The molecule has 0 aromatic heterocycles. The number of nitrogens with two attached hydrogens (primary N) is 1. The van der Waals surface area contributed by atoms with Crippen molar-refractivity contribution < 1.29 is 0 Å². The van der Waals surface area contributed by atoms with Crippen LogP contribution in [0.5, 0.6) is 0 Å². The van der Waals surface area contributed by atoms with E-state index in [1.807, 2.05) is 37.3 Å². The largest absolute Gasteiger partial charge is 0.375 e. The van der Waals surface area contributed by atoms with Crippen molar-refractivity contribution in [3.8, 4) is 0 Å². The maximum atomic E-state index is 5.34. The summed E-state index contributed by atoms with van der Waals surface area (Å²) in [5.74, 6) is 0. The molecule has 0 aliphatic carbocycles. The Kier molecular flexibility index (Phi) is 5.15. The van der Waals surface area contributed by atoms with Crippen LogP contribution >= 0.6 is 24.0 Å². The number of benzene rings is 2. The zero-order chi connectivity index (χ0) is 14.4. The van der Waals surface area contributed by atoms with Gasteiger partial charge in [-0.1, -0.05) is 42.1 Å². The van der Waals surface area contributed by atoms with Crippen molar-refractivity contribution in [2.45, 2.75) is 16.7 Å². The lowest BCUT2D eigenvalue weighted by atomic mass is 10.1. The summed E-state index contributed by atoms with van der Waals surface area (Å²) in [5, 5.41) is 4.27. The first-order valence-corrected chi connectivity index (χ1v) is 7.31. The zero-order valence-corrected chi connectivity index (χ0v) is 12.7. The summed E-state index contributed by atoms with van der Waals surface area (Å²) in [7, 11) is 0. The first-order valence-electron chi connectivity index (χ1n) is 6.08. The van der Waals surface area contributed by atoms with Crippen LogP contribution in [0.25, 0.3) is 0 Å². The summed E-state index contributed by atoms with van der Waals surface area (Å²) >= 11 is 6.44. The summed E-state index contributed by atoms with van der Waals surface area (Å²) in [4.78, 5) is 2.41. The van der Waals surface area contributed by atoms with Gasteiger partial charge < -0.3 is 5.73 Å². The predicted octanol–water partition coefficient (Wildman–Crippen LogP) is 3.40. The van der Waals surface area contributed by atoms with Gasteiger partial charge in [0.2, 0.25) is 0 Å². The third-order valence-corrected chi connectivity index (χ3v) is 3.69. The van der Waals surface area contributed by atoms with Gasteiger partial charge in [0, 0.05) is 9.79 Å². The van der Waals surface area contributed by atoms with Crippen molar-refractivity contribution in [3.05, 3.63) is 60.2 Å². The molecule has 0 saturated heterocycles. The molecule has 0 unspecified atom stereocenters. The van der Waals surface area contributed by atoms with E-state index >= 15 is 0 Å². The Morgan fingerprint density at radius 2 is 1.65 bits per heavy atom. The minimum absolute atomic E-state index is 0.167. The molecule has 5 heteroatoms. The molecule has 0 bridgehead atoms. The van der Waals surface area contributed by atoms with E-state index in [9.17, 15) is 0 Å². The average molecular weight is 301 g/mol. The molecule has 0 radical (unpaired) electrons. The molecule has 3 nitrogen and oxygen atoms in total. The zero-order valence-electron chi connectivity index (χ0n) is 11.0. The molecule has 102 valence electrons. The lowest BCUT2D eigenvalue weighted by Gasteiger charge is -2.04. The van der Waals surface area contributed by atoms with Crippen molar-refractivity contribution in [1.82, 2.24) is 5.43 Å². The topological polar surface area (TPSA) is 50.4 Å². The van der Waals surface area contributed by atoms with E-state index in [4.69, 9.17) is 18.0 Å². The van der Waals surface area contributed by atoms with Gasteiger partial charge >= 0.3 is 0 Å². The number of hydrazone groups is 1. The van der Waals surface area contributed by atoms with Crippen LogP contribution in [0.3, 0.4) is 0 Å². The first kappa shape index (κ1) is 14.6. The highest BCUT2D eigenvalue weighted by Crippen LogP contribution is 2.27. The highest BCUT2D eigenvalue weighted by molar-refractivity contribution is 7.99. The number of hydrogen-bond donors (Lipinski definition) is 2. The Balaban J connectivity index is 2.06. The van der Waals surface area contributed by atoms with Crippen LogP contribution in [0.1, 0.15) is 12.5 Å². The highest BCUT2D eigenvalue weighted by atomic mass is 32.2. The van der Waals surface area contributed by atoms with Crippen LogP contribution in [-0.2, 0) is 0 Å². The third-order valence-electron chi connectivity index (χ3n) is 2.58. The van der Waals surface area contributed by atoms with Crippen molar-refractivity contribution in [3.63, 3.8) is 0 Å². The number of nitrogens with zero attached hydrogens (tertiary/aromatic N) is 1. The minimum Gasteiger partial charge on any atom is -0.375 e. The Hall–Kier alpha value is -1.85. The second kappa shape index (κ2) is 7.07. The molecule has 0 saturated carbocycles. The van der Waals surface area contributed by atoms with Crippen LogP contribution < -0.4 is 11.2 Å². The Morgan fingerprint density at radius 3 is 2.25 bits per heavy atom. The number of rotatable bonds is 4. The molecule has 0 spiro atoms. The fourth-order valence-electron chi connectivity index (χ4n) is 1.59. The number of nitrogens with one attached hydrogen (secondary N) is 1. The van der Waals surface area contributed by atoms with Crippen molar-refractivity contribution in [2.24, 2.45) is 10.8 Å². The third kappa shape index (κ3) is 4.36. The van der Waals surface area contributed by atoms with Gasteiger partial charge in [0.15, 0.2) is 5.11 Å². The van der Waals surface area contributed by atoms with Gasteiger partial charge in [-0.15, -0.1) is 0 Å². The van der Waals surface area contributed by atoms with Crippen molar-refractivity contribution in [1.29, 1.82) is 0 Å². The van der Waals surface area contributed by atoms with E-state index in [2.05, 4.69) is 34.8 Å². The van der Waals surface area contributed by atoms with Gasteiger partial charge in [0.1, 0.15) is 0 Å². The molecular weight excluding hydrogens is 286 g/mol. The molecule has 0 aliphatic rings. The molecule has 0 aliphatic heterocycles. The predicted molar refractivity (Wildman–Crippen MR) is 89.1 cm³/mol. The first-order chi connectivity index (χ1) is 9.65. The van der Waals surface area contributed by atoms with Crippen molar-refractivity contribution >= 4 is 34.8 Å². The Bertz CT molecular complexity index is 607. The standard InChI is InChI=1S/C15H15N3S2/c1-11(17-18-15(16)19)12-7-9-14(10-8-12)20-13-5-3-2-4-6-13/h2-10H,1H3,(H3,16,18,19)/b17-11-. The normalized spacial score (nSPS) is 11.2. The summed E-state index contributed by atoms with van der Waals surface area (Å²) in [6.45, 7) is 1.91. The highest BCUT2D eigenvalue weighted by Gasteiger charge is 2.00. The van der Waals surface area contributed by atoms with Gasteiger partial charge in [0.05, 0.1) is 5.71 Å². The fourth-order valence-corrected chi connectivity index (χ4v) is 2.48. The lowest BCUT2D eigenvalue weighted by molar-refractivity contribution is 1.03. The summed E-state index contributed by atoms with van der Waals surface area (Å²) in [6, 6.07) is 18.5. The Labute approximate surface area is 128 Å². The van der Waals surface area contributed by atoms with Crippen LogP contribution in [0.4, 0.5) is 0 Å². The Morgan fingerprint density at radius 1 is 1.05 bits per heavy atom. The van der Waals surface area contributed by atoms with E-state index in [1.54, 1.807) is 11.8 Å². The molecule has 20 heavy (non-hydrogen) atoms. The maximum Gasteiger partial charge on any atom is 0.184 e. The number of thiocarbonyl (C=S) groups is 1. The molecule has 3 N–H and O–H groups in total. The van der Waals surface area contributed by atoms with Gasteiger partial charge in [-0.05, 0) is 49.0 Å². The van der Waals surface area contributed by atoms with Gasteiger partial charge in [-0.2, -0.15) is 5.10 Å². The molecule has 2 rings (SSSR count). The maximum absolute atomic E-state index is 5.34. The second-order valence-electron chi connectivity index (χ2n) is 4.11. The summed E-state index contributed by atoms with van der Waals surface area (Å²) in [6.07, 6.45) is 0. The van der Waals surface area contributed by atoms with E-state index in [1.165, 1.54) is 9.79 Å². The van der Waals surface area contributed by atoms with E-state index in [0.29, 0.717) is 0 Å². The average Bonchev–Trinajstić information content (AvgIpc) is 2.46. The summed E-state index contributed by atoms with van der Waals surface area (Å²) in [5.41, 5.74) is 9.80. The minimum atomic E-state index is 0.167. The van der Waals surface area contributed by atoms with Crippen molar-refractivity contribution in [2.75, 3.05) is 0 Å². The summed E-state index contributed by atoms with van der Waals surface area (Å²) < 4.78 is 0. The molecule has 2 aromatic carbocycles. The smallest absolute Gasteiger partial charge is 0.184 e. The van der Waals surface area contributed by atoms with E-state index in [-0.39, 0.29) is 5.11 Å². The van der Waals surface area contributed by atoms with Gasteiger partial charge in [0.25, 0.3) is 0 Å². The molecule has 2 aromatic rings. The molecular formula is C15H15N3S2. The van der Waals surface area contributed by atoms with Crippen LogP contribution in [0, 0.1) is 0 Å². The number of hydrogen-bond acceptors (Lipinski definition) is 3. The second-order valence-corrected chi connectivity index (χ2v) is 5.70. The van der Waals surface area contributed by atoms with Crippen LogP contribution in [0.15, 0.2) is 69.5 Å². The van der Waals surface area contributed by atoms with E-state index in [0.717, 1.165) is 11.3 Å². The quantitative estimate of drug-likeness (QED) is 0.516.